The fraction of sp³-hybridized carbons (Fsp3) is 0.312. The summed E-state index contributed by atoms with van der Waals surface area (Å²) in [6, 6.07) is 6.04. The number of carbonyl (C=O) groups is 2. The molecule has 1 saturated heterocycles. The molecule has 1 atom stereocenters. The van der Waals surface area contributed by atoms with E-state index in [4.69, 9.17) is 5.11 Å². The number of aromatic nitrogens is 1. The third-order valence-electron chi connectivity index (χ3n) is 3.88. The van der Waals surface area contributed by atoms with Crippen LogP contribution in [0.15, 0.2) is 29.6 Å². The van der Waals surface area contributed by atoms with Crippen LogP contribution in [0.1, 0.15) is 11.4 Å². The van der Waals surface area contributed by atoms with Crippen molar-refractivity contribution in [3.8, 4) is 11.3 Å². The number of carboxylic acid groups (broad SMARTS) is 1. The molecule has 1 unspecified atom stereocenters. The summed E-state index contributed by atoms with van der Waals surface area (Å²) in [5, 5.41) is 11.5. The molecule has 1 N–H and O–H groups in total. The summed E-state index contributed by atoms with van der Waals surface area (Å²) in [4.78, 5) is 29.1. The molecule has 1 aromatic heterocycles. The van der Waals surface area contributed by atoms with Crippen LogP contribution in [0.25, 0.3) is 11.3 Å². The van der Waals surface area contributed by atoms with Gasteiger partial charge >= 0.3 is 5.97 Å². The van der Waals surface area contributed by atoms with Crippen molar-refractivity contribution in [3.05, 3.63) is 40.5 Å². The maximum absolute atomic E-state index is 12.9. The SMILES string of the molecule is O=C(O)C1CCN(C(=O)Cc2nc(-c3ccc(F)cc3)cs2)C1. The third-order valence-corrected chi connectivity index (χ3v) is 4.73. The van der Waals surface area contributed by atoms with E-state index >= 15 is 0 Å². The normalized spacial score (nSPS) is 17.4. The number of aliphatic carboxylic acids is 1. The number of amides is 1. The number of carboxylic acids is 1. The molecule has 1 fully saturated rings. The highest BCUT2D eigenvalue weighted by molar-refractivity contribution is 7.10. The average molecular weight is 334 g/mol. The topological polar surface area (TPSA) is 70.5 Å². The van der Waals surface area contributed by atoms with Gasteiger partial charge in [-0.15, -0.1) is 11.3 Å². The van der Waals surface area contributed by atoms with Crippen molar-refractivity contribution in [2.24, 2.45) is 5.92 Å². The average Bonchev–Trinajstić information content (AvgIpc) is 3.17. The first-order valence-corrected chi connectivity index (χ1v) is 8.12. The Morgan fingerprint density at radius 1 is 1.35 bits per heavy atom. The fourth-order valence-corrected chi connectivity index (χ4v) is 3.37. The molecule has 1 aliphatic rings. The molecular formula is C16H15FN2O3S. The lowest BCUT2D eigenvalue weighted by molar-refractivity contribution is -0.141. The summed E-state index contributed by atoms with van der Waals surface area (Å²) in [5.41, 5.74) is 1.51. The smallest absolute Gasteiger partial charge is 0.308 e. The summed E-state index contributed by atoms with van der Waals surface area (Å²) in [7, 11) is 0. The molecule has 1 amide bonds. The zero-order valence-corrected chi connectivity index (χ0v) is 13.1. The van der Waals surface area contributed by atoms with Crippen LogP contribution in [0.5, 0.6) is 0 Å². The molecule has 1 aliphatic heterocycles. The van der Waals surface area contributed by atoms with E-state index in [9.17, 15) is 14.0 Å². The minimum Gasteiger partial charge on any atom is -0.481 e. The van der Waals surface area contributed by atoms with Crippen molar-refractivity contribution in [2.45, 2.75) is 12.8 Å². The first kappa shape index (κ1) is 15.6. The maximum Gasteiger partial charge on any atom is 0.308 e. The van der Waals surface area contributed by atoms with Gasteiger partial charge in [0.15, 0.2) is 0 Å². The number of thiazole rings is 1. The number of carbonyl (C=O) groups excluding carboxylic acids is 1. The van der Waals surface area contributed by atoms with E-state index in [1.165, 1.54) is 23.5 Å². The lowest BCUT2D eigenvalue weighted by atomic mass is 10.1. The van der Waals surface area contributed by atoms with Crippen molar-refractivity contribution in [2.75, 3.05) is 13.1 Å². The van der Waals surface area contributed by atoms with Gasteiger partial charge in [0.2, 0.25) is 5.91 Å². The number of nitrogens with zero attached hydrogens (tertiary/aromatic N) is 2. The van der Waals surface area contributed by atoms with Crippen molar-refractivity contribution in [1.29, 1.82) is 0 Å². The second kappa shape index (κ2) is 6.45. The molecule has 0 bridgehead atoms. The quantitative estimate of drug-likeness (QED) is 0.932. The van der Waals surface area contributed by atoms with Crippen molar-refractivity contribution in [1.82, 2.24) is 9.88 Å². The zero-order chi connectivity index (χ0) is 16.4. The lowest BCUT2D eigenvalue weighted by Gasteiger charge is -2.14. The molecular weight excluding hydrogens is 319 g/mol. The Morgan fingerprint density at radius 2 is 2.09 bits per heavy atom. The summed E-state index contributed by atoms with van der Waals surface area (Å²) in [6.07, 6.45) is 0.665. The van der Waals surface area contributed by atoms with Crippen LogP contribution < -0.4 is 0 Å². The van der Waals surface area contributed by atoms with Gasteiger partial charge in [-0.2, -0.15) is 0 Å². The van der Waals surface area contributed by atoms with Gasteiger partial charge in [-0.3, -0.25) is 9.59 Å². The number of benzene rings is 1. The number of likely N-dealkylation sites (tertiary alicyclic amines) is 1. The zero-order valence-electron chi connectivity index (χ0n) is 12.2. The number of halogens is 1. The Morgan fingerprint density at radius 3 is 2.74 bits per heavy atom. The Hall–Kier alpha value is -2.28. The number of hydrogen-bond acceptors (Lipinski definition) is 4. The Bertz CT molecular complexity index is 729. The van der Waals surface area contributed by atoms with Gasteiger partial charge in [0.1, 0.15) is 10.8 Å². The van der Waals surface area contributed by atoms with E-state index in [-0.39, 0.29) is 24.7 Å². The molecule has 2 heterocycles. The first-order valence-electron chi connectivity index (χ1n) is 7.24. The van der Waals surface area contributed by atoms with E-state index < -0.39 is 11.9 Å². The van der Waals surface area contributed by atoms with Crippen molar-refractivity contribution < 1.29 is 19.1 Å². The molecule has 1 aromatic carbocycles. The third kappa shape index (κ3) is 3.56. The van der Waals surface area contributed by atoms with E-state index in [1.54, 1.807) is 17.0 Å². The Labute approximate surface area is 136 Å². The first-order chi connectivity index (χ1) is 11.0. The van der Waals surface area contributed by atoms with Crippen molar-refractivity contribution >= 4 is 23.2 Å². The second-order valence-corrected chi connectivity index (χ2v) is 6.42. The van der Waals surface area contributed by atoms with Crippen LogP contribution >= 0.6 is 11.3 Å². The summed E-state index contributed by atoms with van der Waals surface area (Å²) < 4.78 is 12.9. The van der Waals surface area contributed by atoms with Crippen LogP contribution in [-0.2, 0) is 16.0 Å². The maximum atomic E-state index is 12.9. The van der Waals surface area contributed by atoms with Crippen LogP contribution in [0.3, 0.4) is 0 Å². The van der Waals surface area contributed by atoms with Gasteiger partial charge in [-0.05, 0) is 30.7 Å². The Kier molecular flexibility index (Phi) is 4.38. The molecule has 0 radical (unpaired) electrons. The van der Waals surface area contributed by atoms with Crippen LogP contribution in [-0.4, -0.2) is 40.0 Å². The summed E-state index contributed by atoms with van der Waals surface area (Å²) in [5.74, 6) is -1.73. The predicted molar refractivity (Wildman–Crippen MR) is 83.5 cm³/mol. The highest BCUT2D eigenvalue weighted by atomic mass is 32.1. The van der Waals surface area contributed by atoms with Crippen LogP contribution in [0.2, 0.25) is 0 Å². The van der Waals surface area contributed by atoms with Gasteiger partial charge in [-0.25, -0.2) is 9.37 Å². The molecule has 0 aliphatic carbocycles. The van der Waals surface area contributed by atoms with Gasteiger partial charge in [0, 0.05) is 24.0 Å². The van der Waals surface area contributed by atoms with E-state index in [0.717, 1.165) is 5.56 Å². The van der Waals surface area contributed by atoms with Gasteiger partial charge in [-0.1, -0.05) is 0 Å². The molecule has 0 saturated carbocycles. The van der Waals surface area contributed by atoms with Gasteiger partial charge in [0.05, 0.1) is 18.0 Å². The Balaban J connectivity index is 1.64. The van der Waals surface area contributed by atoms with Crippen molar-refractivity contribution in [3.63, 3.8) is 0 Å². The van der Waals surface area contributed by atoms with Gasteiger partial charge < -0.3 is 10.0 Å². The minimum atomic E-state index is -0.854. The molecule has 3 rings (SSSR count). The number of rotatable bonds is 4. The summed E-state index contributed by atoms with van der Waals surface area (Å²) >= 11 is 1.37. The molecule has 5 nitrogen and oxygen atoms in total. The molecule has 7 heteroatoms. The monoisotopic (exact) mass is 334 g/mol. The minimum absolute atomic E-state index is 0.103. The lowest BCUT2D eigenvalue weighted by Crippen LogP contribution is -2.31. The molecule has 23 heavy (non-hydrogen) atoms. The van der Waals surface area contributed by atoms with E-state index in [2.05, 4.69) is 4.98 Å². The van der Waals surface area contributed by atoms with E-state index in [0.29, 0.717) is 23.7 Å². The predicted octanol–water partition coefficient (Wildman–Crippen LogP) is 2.42. The molecule has 2 aromatic rings. The number of hydrogen-bond donors (Lipinski definition) is 1. The largest absolute Gasteiger partial charge is 0.481 e. The van der Waals surface area contributed by atoms with Gasteiger partial charge in [0.25, 0.3) is 0 Å². The fourth-order valence-electron chi connectivity index (χ4n) is 2.57. The van der Waals surface area contributed by atoms with Crippen LogP contribution in [0.4, 0.5) is 4.39 Å². The molecule has 0 spiro atoms. The highest BCUT2D eigenvalue weighted by Gasteiger charge is 2.30. The second-order valence-electron chi connectivity index (χ2n) is 5.47. The standard InChI is InChI=1S/C16H15FN2O3S/c17-12-3-1-10(2-4-12)13-9-23-14(18-13)7-15(20)19-6-5-11(8-19)16(21)22/h1-4,9,11H,5-8H2,(H,21,22). The van der Waals surface area contributed by atoms with E-state index in [1.807, 2.05) is 5.38 Å². The molecule has 120 valence electrons. The summed E-state index contributed by atoms with van der Waals surface area (Å²) in [6.45, 7) is 0.746. The highest BCUT2D eigenvalue weighted by Crippen LogP contribution is 2.23. The van der Waals surface area contributed by atoms with Crippen LogP contribution in [0, 0.1) is 11.7 Å².